The van der Waals surface area contributed by atoms with Gasteiger partial charge in [-0.2, -0.15) is 5.26 Å². The molecule has 0 saturated heterocycles. The Morgan fingerprint density at radius 2 is 1.27 bits per heavy atom. The average Bonchev–Trinajstić information content (AvgIpc) is 2.30. The maximum atomic E-state index is 7.40. The van der Waals surface area contributed by atoms with Gasteiger partial charge in [-0.25, -0.2) is 0 Å². The van der Waals surface area contributed by atoms with Crippen molar-refractivity contribution >= 4 is 0 Å². The van der Waals surface area contributed by atoms with Crippen molar-refractivity contribution in [3.63, 3.8) is 0 Å². The second kappa shape index (κ2) is 56.2. The van der Waals surface area contributed by atoms with E-state index < -0.39 is 0 Å². The number of methoxy groups -OCH3 is 1. The standard InChI is InChI=1S/C6H8.C3H6.C2H3NO.C2H6/c1-3-5-6-4-2;1-3-2;1-4-2-3;1-2/h3-6H,1-2H2;3H,1H2,2H3;1H3;1-2H3/b6-5-;;;. The zero-order valence-electron chi connectivity index (χ0n) is 10.4. The zero-order valence-corrected chi connectivity index (χ0v) is 10.4. The van der Waals surface area contributed by atoms with E-state index in [0.29, 0.717) is 0 Å². The Labute approximate surface area is 94.9 Å². The molecule has 0 aliphatic rings. The van der Waals surface area contributed by atoms with E-state index in [9.17, 15) is 0 Å². The molecule has 2 nitrogen and oxygen atoms in total. The summed E-state index contributed by atoms with van der Waals surface area (Å²) in [5.74, 6) is 0. The third-order valence-corrected chi connectivity index (χ3v) is 0.475. The van der Waals surface area contributed by atoms with Crippen LogP contribution in [0.3, 0.4) is 0 Å². The lowest BCUT2D eigenvalue weighted by Crippen LogP contribution is -1.55. The molecule has 0 aliphatic carbocycles. The second-order valence-electron chi connectivity index (χ2n) is 1.56. The SMILES string of the molecule is C=C/C=C\C=C.C=CC.CC.COC#N. The fraction of sp³-hybridized carbons (Fsp3) is 0.308. The summed E-state index contributed by atoms with van der Waals surface area (Å²) in [5, 5.41) is 7.40. The number of hydrogen-bond donors (Lipinski definition) is 0. The first-order valence-electron chi connectivity index (χ1n) is 4.64. The van der Waals surface area contributed by atoms with Crippen molar-refractivity contribution in [2.45, 2.75) is 20.8 Å². The van der Waals surface area contributed by atoms with Crippen molar-refractivity contribution in [1.82, 2.24) is 0 Å². The number of rotatable bonds is 2. The van der Waals surface area contributed by atoms with Crippen molar-refractivity contribution in [1.29, 1.82) is 5.26 Å². The minimum absolute atomic E-state index is 1.32. The maximum Gasteiger partial charge on any atom is 0.286 e. The molecule has 0 unspecified atom stereocenters. The van der Waals surface area contributed by atoms with Gasteiger partial charge >= 0.3 is 0 Å². The zero-order chi connectivity index (χ0) is 12.9. The lowest BCUT2D eigenvalue weighted by Gasteiger charge is -1.61. The van der Waals surface area contributed by atoms with Crippen LogP contribution in [0.25, 0.3) is 0 Å². The number of nitriles is 1. The number of nitrogens with zero attached hydrogens (tertiary/aromatic N) is 1. The Morgan fingerprint density at radius 1 is 1.07 bits per heavy atom. The van der Waals surface area contributed by atoms with Gasteiger partial charge in [-0.15, -0.1) is 6.58 Å². The van der Waals surface area contributed by atoms with Gasteiger partial charge in [-0.1, -0.05) is 57.4 Å². The average molecular weight is 209 g/mol. The van der Waals surface area contributed by atoms with Gasteiger partial charge in [0.05, 0.1) is 7.11 Å². The van der Waals surface area contributed by atoms with Crippen LogP contribution in [0, 0.1) is 11.5 Å². The fourth-order valence-corrected chi connectivity index (χ4v) is 0.157. The number of hydrogen-bond acceptors (Lipinski definition) is 2. The van der Waals surface area contributed by atoms with E-state index in [4.69, 9.17) is 5.26 Å². The normalized spacial score (nSPS) is 5.80. The molecule has 0 rings (SSSR count). The first kappa shape index (κ1) is 23.2. The van der Waals surface area contributed by atoms with Gasteiger partial charge in [-0.3, -0.25) is 0 Å². The molecule has 0 saturated carbocycles. The number of allylic oxidation sites excluding steroid dienone is 5. The van der Waals surface area contributed by atoms with Crippen LogP contribution in [0.5, 0.6) is 0 Å². The summed E-state index contributed by atoms with van der Waals surface area (Å²) < 4.78 is 3.85. The van der Waals surface area contributed by atoms with Crippen molar-refractivity contribution in [3.05, 3.63) is 50.1 Å². The molecule has 0 atom stereocenters. The smallest absolute Gasteiger partial charge is 0.286 e. The monoisotopic (exact) mass is 209 g/mol. The van der Waals surface area contributed by atoms with E-state index in [1.807, 2.05) is 32.9 Å². The summed E-state index contributed by atoms with van der Waals surface area (Å²) in [6.45, 7) is 16.2. The molecule has 0 spiro atoms. The molecule has 0 aromatic carbocycles. The summed E-state index contributed by atoms with van der Waals surface area (Å²) >= 11 is 0. The van der Waals surface area contributed by atoms with Gasteiger partial charge in [0.25, 0.3) is 6.26 Å². The fourth-order valence-electron chi connectivity index (χ4n) is 0.157. The van der Waals surface area contributed by atoms with Gasteiger partial charge in [0.2, 0.25) is 0 Å². The predicted molar refractivity (Wildman–Crippen MR) is 69.4 cm³/mol. The first-order chi connectivity index (χ1) is 7.24. The molecule has 0 aromatic heterocycles. The second-order valence-corrected chi connectivity index (χ2v) is 1.56. The first-order valence-corrected chi connectivity index (χ1v) is 4.64. The molecule has 0 fully saturated rings. The highest BCUT2D eigenvalue weighted by molar-refractivity contribution is 5.05. The molecule has 0 radical (unpaired) electrons. The van der Waals surface area contributed by atoms with E-state index in [1.54, 1.807) is 18.2 Å². The van der Waals surface area contributed by atoms with Crippen LogP contribution in [0.4, 0.5) is 0 Å². The van der Waals surface area contributed by atoms with Crippen LogP contribution in [-0.4, -0.2) is 7.11 Å². The summed E-state index contributed by atoms with van der Waals surface area (Å²) in [6.07, 6.45) is 10.3. The molecule has 0 aromatic rings. The summed E-state index contributed by atoms with van der Waals surface area (Å²) in [4.78, 5) is 0. The Bertz CT molecular complexity index is 165. The molecular formula is C13H23NO. The lowest BCUT2D eigenvalue weighted by atomic mass is 10.5. The molecule has 2 heteroatoms. The van der Waals surface area contributed by atoms with Crippen molar-refractivity contribution in [2.24, 2.45) is 0 Å². The van der Waals surface area contributed by atoms with Crippen LogP contribution in [0.1, 0.15) is 20.8 Å². The van der Waals surface area contributed by atoms with E-state index in [0.717, 1.165) is 0 Å². The van der Waals surface area contributed by atoms with Crippen LogP contribution in [0.15, 0.2) is 50.1 Å². The molecule has 0 N–H and O–H groups in total. The van der Waals surface area contributed by atoms with Gasteiger partial charge in [0.15, 0.2) is 0 Å². The lowest BCUT2D eigenvalue weighted by molar-refractivity contribution is 0.362. The van der Waals surface area contributed by atoms with Gasteiger partial charge < -0.3 is 4.74 Å². The van der Waals surface area contributed by atoms with Crippen molar-refractivity contribution < 1.29 is 4.74 Å². The molecule has 0 bridgehead atoms. The van der Waals surface area contributed by atoms with Gasteiger partial charge in [0.1, 0.15) is 0 Å². The summed E-state index contributed by atoms with van der Waals surface area (Å²) in [5.41, 5.74) is 0. The van der Waals surface area contributed by atoms with Gasteiger partial charge in [0, 0.05) is 0 Å². The summed E-state index contributed by atoms with van der Waals surface area (Å²) in [7, 11) is 1.32. The highest BCUT2D eigenvalue weighted by Gasteiger charge is 1.47. The van der Waals surface area contributed by atoms with Crippen LogP contribution < -0.4 is 0 Å². The van der Waals surface area contributed by atoms with E-state index >= 15 is 0 Å². The highest BCUT2D eigenvalue weighted by atomic mass is 16.5. The van der Waals surface area contributed by atoms with Crippen molar-refractivity contribution in [2.75, 3.05) is 7.11 Å². The van der Waals surface area contributed by atoms with Crippen LogP contribution in [-0.2, 0) is 4.74 Å². The van der Waals surface area contributed by atoms with Crippen LogP contribution in [0.2, 0.25) is 0 Å². The topological polar surface area (TPSA) is 33.0 Å². The largest absolute Gasteiger partial charge is 0.431 e. The Kier molecular flexibility index (Phi) is 87.1. The third-order valence-electron chi connectivity index (χ3n) is 0.475. The Morgan fingerprint density at radius 3 is 1.33 bits per heavy atom. The van der Waals surface area contributed by atoms with Crippen molar-refractivity contribution in [3.8, 4) is 6.26 Å². The molecule has 86 valence electrons. The minimum Gasteiger partial charge on any atom is -0.431 e. The quantitative estimate of drug-likeness (QED) is 0.387. The van der Waals surface area contributed by atoms with E-state index in [-0.39, 0.29) is 0 Å². The van der Waals surface area contributed by atoms with Gasteiger partial charge in [-0.05, 0) is 6.92 Å². The molecule has 0 aliphatic heterocycles. The summed E-state index contributed by atoms with van der Waals surface area (Å²) in [6, 6.07) is 0. The maximum absolute atomic E-state index is 7.40. The van der Waals surface area contributed by atoms with Crippen LogP contribution >= 0.6 is 0 Å². The third kappa shape index (κ3) is 254. The molecule has 0 amide bonds. The minimum atomic E-state index is 1.32. The van der Waals surface area contributed by atoms with E-state index in [2.05, 4.69) is 24.5 Å². The van der Waals surface area contributed by atoms with E-state index in [1.165, 1.54) is 13.4 Å². The Balaban J connectivity index is -0.0000000590. The highest BCUT2D eigenvalue weighted by Crippen LogP contribution is 1.69. The predicted octanol–water partition coefficient (Wildman–Crippen LogP) is 4.25. The molecular weight excluding hydrogens is 186 g/mol. The Hall–Kier alpha value is -1.75. The molecule has 15 heavy (non-hydrogen) atoms. The number of ether oxygens (including phenoxy) is 1. The molecule has 0 heterocycles.